The molecule has 18 aromatic carbocycles. The predicted octanol–water partition coefficient (Wildman–Crippen LogP) is 29.6. The standard InChI is InChI=1S/2C54H34N2O/c1-3-13-35(14-4-1)36-15-11-18-41(31-36)56-48-22-9-7-19-43(48)45-32-37(25-28-49(45)56)38-26-29-50-46(33-38)47-34-39(27-30-51(47)55(50)40-16-5-2-6-17-40)42-21-12-24-53-54(42)44-20-8-10-23-52(44)57-53;1-3-12-35(13-4-1)36-14-11-17-42(30-36)56-49-20-9-7-18-43(49)45-31-37(22-26-50(45)56)38-23-27-51-46(32-38)47-33-39(24-28-52(47)55(51)41-15-5-2-6-16-41)40-25-29-54-48(34-40)44-19-8-10-21-53(44)57-54/h2*1-34H. The largest absolute Gasteiger partial charge is 0.456 e. The van der Waals surface area contributed by atoms with E-state index in [-0.39, 0.29) is 0 Å². The average Bonchev–Trinajstić information content (AvgIpc) is 1.59. The summed E-state index contributed by atoms with van der Waals surface area (Å²) in [7, 11) is 0. The van der Waals surface area contributed by atoms with Gasteiger partial charge in [-0.05, 0) is 231 Å². The van der Waals surface area contributed by atoms with E-state index in [9.17, 15) is 0 Å². The van der Waals surface area contributed by atoms with E-state index in [1.54, 1.807) is 0 Å². The molecule has 0 radical (unpaired) electrons. The van der Waals surface area contributed by atoms with Crippen LogP contribution in [0.5, 0.6) is 0 Å². The molecule has 114 heavy (non-hydrogen) atoms. The van der Waals surface area contributed by atoms with E-state index >= 15 is 0 Å². The average molecular weight is 1450 g/mol. The number of nitrogens with zero attached hydrogens (tertiary/aromatic N) is 4. The van der Waals surface area contributed by atoms with Gasteiger partial charge in [0.2, 0.25) is 0 Å². The van der Waals surface area contributed by atoms with Crippen molar-refractivity contribution in [1.82, 2.24) is 18.3 Å². The van der Waals surface area contributed by atoms with Crippen molar-refractivity contribution >= 4 is 131 Å². The first-order valence-corrected chi connectivity index (χ1v) is 39.0. The summed E-state index contributed by atoms with van der Waals surface area (Å²) in [6.07, 6.45) is 0. The van der Waals surface area contributed by atoms with Crippen molar-refractivity contribution in [2.45, 2.75) is 0 Å². The lowest BCUT2D eigenvalue weighted by Crippen LogP contribution is -1.94. The van der Waals surface area contributed by atoms with Gasteiger partial charge in [0.25, 0.3) is 0 Å². The van der Waals surface area contributed by atoms with Crippen molar-refractivity contribution in [3.05, 3.63) is 413 Å². The van der Waals surface area contributed by atoms with Gasteiger partial charge in [0.05, 0.1) is 44.1 Å². The predicted molar refractivity (Wildman–Crippen MR) is 477 cm³/mol. The number of furan rings is 2. The summed E-state index contributed by atoms with van der Waals surface area (Å²) in [6, 6.07) is 149. The summed E-state index contributed by atoms with van der Waals surface area (Å²) in [5.41, 5.74) is 32.0. The van der Waals surface area contributed by atoms with Gasteiger partial charge in [-0.3, -0.25) is 0 Å². The van der Waals surface area contributed by atoms with E-state index < -0.39 is 0 Å². The highest BCUT2D eigenvalue weighted by atomic mass is 16.3. The van der Waals surface area contributed by atoms with Crippen LogP contribution in [0, 0.1) is 0 Å². The van der Waals surface area contributed by atoms with Crippen LogP contribution in [-0.4, -0.2) is 18.3 Å². The maximum atomic E-state index is 6.30. The number of hydrogen-bond acceptors (Lipinski definition) is 2. The van der Waals surface area contributed by atoms with Gasteiger partial charge in [-0.2, -0.15) is 0 Å². The molecular formula is C108H68N4O2. The molecule has 24 aromatic rings. The molecule has 0 spiro atoms. The highest BCUT2D eigenvalue weighted by Gasteiger charge is 2.23. The SMILES string of the molecule is c1ccc(-c2cccc(-n3c4ccccc4c4cc(-c5ccc6c(c5)c5cc(-c7ccc8oc9ccccc9c8c7)ccc5n6-c5ccccc5)ccc43)c2)cc1.c1ccc(-c2cccc(-n3c4ccccc4c4cc(-c5ccc6c(c5)c5cc(-c7cccc8oc9ccccc9c78)ccc5n6-c5ccccc5)ccc43)c2)cc1. The highest BCUT2D eigenvalue weighted by molar-refractivity contribution is 6.18. The van der Waals surface area contributed by atoms with Crippen LogP contribution >= 0.6 is 0 Å². The van der Waals surface area contributed by atoms with Gasteiger partial charge in [0, 0.05) is 87.4 Å². The van der Waals surface area contributed by atoms with E-state index in [1.165, 1.54) is 154 Å². The Morgan fingerprint density at radius 2 is 0.412 bits per heavy atom. The molecule has 6 nitrogen and oxygen atoms in total. The Balaban J connectivity index is 0.000000135. The topological polar surface area (TPSA) is 46.0 Å². The first kappa shape index (κ1) is 64.7. The molecular weight excluding hydrogens is 1390 g/mol. The fourth-order valence-electron chi connectivity index (χ4n) is 18.2. The van der Waals surface area contributed by atoms with Crippen LogP contribution in [0.2, 0.25) is 0 Å². The molecule has 0 bridgehead atoms. The third kappa shape index (κ3) is 10.6. The molecule has 0 saturated carbocycles. The van der Waals surface area contributed by atoms with Gasteiger partial charge >= 0.3 is 0 Å². The smallest absolute Gasteiger partial charge is 0.136 e. The Hall–Kier alpha value is -15.2. The quantitative estimate of drug-likeness (QED) is 0.137. The van der Waals surface area contributed by atoms with Crippen molar-refractivity contribution in [2.75, 3.05) is 0 Å². The van der Waals surface area contributed by atoms with Gasteiger partial charge in [-0.1, -0.05) is 249 Å². The maximum absolute atomic E-state index is 6.30. The summed E-state index contributed by atoms with van der Waals surface area (Å²) in [5.74, 6) is 0. The molecule has 0 saturated heterocycles. The van der Waals surface area contributed by atoms with E-state index in [0.29, 0.717) is 0 Å². The van der Waals surface area contributed by atoms with E-state index in [2.05, 4.69) is 413 Å². The molecule has 0 atom stereocenters. The number of aromatic nitrogens is 4. The zero-order chi connectivity index (χ0) is 74.9. The summed E-state index contributed by atoms with van der Waals surface area (Å²) in [5, 5.41) is 14.4. The van der Waals surface area contributed by atoms with E-state index in [0.717, 1.165) is 66.6 Å². The molecule has 6 heterocycles. The van der Waals surface area contributed by atoms with Crippen LogP contribution in [0.25, 0.3) is 221 Å². The Morgan fingerprint density at radius 3 is 0.868 bits per heavy atom. The third-order valence-corrected chi connectivity index (χ3v) is 23.4. The minimum Gasteiger partial charge on any atom is -0.456 e. The van der Waals surface area contributed by atoms with Crippen LogP contribution in [-0.2, 0) is 0 Å². The fraction of sp³-hybridized carbons (Fsp3) is 0. The molecule has 532 valence electrons. The molecule has 6 heteroatoms. The first-order valence-electron chi connectivity index (χ1n) is 39.0. The first-order chi connectivity index (χ1) is 56.5. The molecule has 0 amide bonds. The van der Waals surface area contributed by atoms with Crippen LogP contribution in [0.4, 0.5) is 0 Å². The number of rotatable bonds is 10. The Labute approximate surface area is 656 Å². The van der Waals surface area contributed by atoms with Crippen molar-refractivity contribution in [2.24, 2.45) is 0 Å². The maximum Gasteiger partial charge on any atom is 0.136 e. The number of para-hydroxylation sites is 6. The Bertz CT molecular complexity index is 7970. The molecule has 0 unspecified atom stereocenters. The Morgan fingerprint density at radius 1 is 0.140 bits per heavy atom. The number of fused-ring (bicyclic) bond motifs is 18. The lowest BCUT2D eigenvalue weighted by Gasteiger charge is -2.11. The molecule has 24 rings (SSSR count). The van der Waals surface area contributed by atoms with Gasteiger partial charge in [-0.25, -0.2) is 0 Å². The summed E-state index contributed by atoms with van der Waals surface area (Å²) in [4.78, 5) is 0. The van der Waals surface area contributed by atoms with Gasteiger partial charge in [0.15, 0.2) is 0 Å². The summed E-state index contributed by atoms with van der Waals surface area (Å²) < 4.78 is 22.1. The van der Waals surface area contributed by atoms with E-state index in [1.807, 2.05) is 18.2 Å². The Kier molecular flexibility index (Phi) is 14.9. The minimum absolute atomic E-state index is 0.906. The van der Waals surface area contributed by atoms with Crippen molar-refractivity contribution in [3.63, 3.8) is 0 Å². The van der Waals surface area contributed by atoms with E-state index in [4.69, 9.17) is 8.83 Å². The molecule has 0 aliphatic carbocycles. The van der Waals surface area contributed by atoms with Crippen LogP contribution in [0.1, 0.15) is 0 Å². The molecule has 6 aromatic heterocycles. The molecule has 0 fully saturated rings. The summed E-state index contributed by atoms with van der Waals surface area (Å²) >= 11 is 0. The third-order valence-electron chi connectivity index (χ3n) is 23.4. The number of benzene rings is 18. The fourth-order valence-corrected chi connectivity index (χ4v) is 18.2. The summed E-state index contributed by atoms with van der Waals surface area (Å²) in [6.45, 7) is 0. The normalized spacial score (nSPS) is 11.9. The lowest BCUT2D eigenvalue weighted by atomic mass is 9.97. The van der Waals surface area contributed by atoms with Crippen LogP contribution in [0.15, 0.2) is 421 Å². The van der Waals surface area contributed by atoms with Crippen LogP contribution < -0.4 is 0 Å². The minimum atomic E-state index is 0.906. The van der Waals surface area contributed by atoms with Crippen LogP contribution in [0.3, 0.4) is 0 Å². The molecule has 0 aliphatic rings. The van der Waals surface area contributed by atoms with Gasteiger partial charge < -0.3 is 27.1 Å². The zero-order valence-corrected chi connectivity index (χ0v) is 61.9. The molecule has 0 N–H and O–H groups in total. The second kappa shape index (κ2) is 26.2. The van der Waals surface area contributed by atoms with Gasteiger partial charge in [-0.15, -0.1) is 0 Å². The van der Waals surface area contributed by atoms with Crippen molar-refractivity contribution in [3.8, 4) is 89.5 Å². The second-order valence-corrected chi connectivity index (χ2v) is 29.9. The zero-order valence-electron chi connectivity index (χ0n) is 61.9. The monoisotopic (exact) mass is 1450 g/mol. The van der Waals surface area contributed by atoms with Gasteiger partial charge in [0.1, 0.15) is 22.3 Å². The van der Waals surface area contributed by atoms with Crippen molar-refractivity contribution < 1.29 is 8.83 Å². The van der Waals surface area contributed by atoms with Crippen molar-refractivity contribution in [1.29, 1.82) is 0 Å². The lowest BCUT2D eigenvalue weighted by molar-refractivity contribution is 0.668. The second-order valence-electron chi connectivity index (χ2n) is 29.9. The number of hydrogen-bond donors (Lipinski definition) is 0. The molecule has 0 aliphatic heterocycles. The highest BCUT2D eigenvalue weighted by Crippen LogP contribution is 2.46.